The lowest BCUT2D eigenvalue weighted by molar-refractivity contribution is 0.0701. The number of amides is 1. The van der Waals surface area contributed by atoms with Crippen LogP contribution in [-0.2, 0) is 11.3 Å². The normalized spacial score (nSPS) is 16.9. The molecule has 0 spiro atoms. The molecule has 0 saturated carbocycles. The van der Waals surface area contributed by atoms with E-state index < -0.39 is 0 Å². The number of nitrogens with zero attached hydrogens (tertiary/aromatic N) is 1. The monoisotopic (exact) mass is 275 g/mol. The quantitative estimate of drug-likeness (QED) is 0.831. The lowest BCUT2D eigenvalue weighted by atomic mass is 10.3. The molecule has 1 amide bonds. The average molecular weight is 276 g/mol. The summed E-state index contributed by atoms with van der Waals surface area (Å²) in [6.07, 6.45) is 0.732. The Kier molecular flexibility index (Phi) is 3.08. The Balaban J connectivity index is 1.99. The molecule has 14 heavy (non-hydrogen) atoms. The molecule has 5 heteroatoms. The minimum absolute atomic E-state index is 0.196. The third kappa shape index (κ3) is 2.27. The maximum absolute atomic E-state index is 11.3. The number of carbonyl (C=O) groups is 1. The maximum Gasteiger partial charge on any atom is 0.410 e. The summed E-state index contributed by atoms with van der Waals surface area (Å²) < 4.78 is 6.04. The molecule has 0 radical (unpaired) electrons. The fraction of sp³-hybridized carbons (Fsp3) is 0.444. The van der Waals surface area contributed by atoms with Gasteiger partial charge in [0.1, 0.15) is 0 Å². The molecule has 1 aliphatic rings. The Morgan fingerprint density at radius 3 is 3.14 bits per heavy atom. The predicted molar refractivity (Wildman–Crippen MR) is 58.4 cm³/mol. The minimum atomic E-state index is -0.196. The number of carbonyl (C=O) groups excluding carboxylic acids is 1. The highest BCUT2D eigenvalue weighted by Crippen LogP contribution is 2.22. The molecule has 1 fully saturated rings. The SMILES string of the molecule is O=C1OCCCN1Cc1csc(Br)c1. The van der Waals surface area contributed by atoms with Gasteiger partial charge in [0.05, 0.1) is 10.4 Å². The topological polar surface area (TPSA) is 29.5 Å². The van der Waals surface area contributed by atoms with E-state index in [0.717, 1.165) is 22.3 Å². The first-order valence-electron chi connectivity index (χ1n) is 4.40. The molecule has 2 rings (SSSR count). The van der Waals surface area contributed by atoms with Crippen LogP contribution in [0.1, 0.15) is 12.0 Å². The predicted octanol–water partition coefficient (Wildman–Crippen LogP) is 2.85. The van der Waals surface area contributed by atoms with Crippen molar-refractivity contribution in [3.8, 4) is 0 Å². The van der Waals surface area contributed by atoms with Crippen molar-refractivity contribution in [2.24, 2.45) is 0 Å². The second kappa shape index (κ2) is 4.31. The molecule has 0 bridgehead atoms. The lowest BCUT2D eigenvalue weighted by Gasteiger charge is -2.25. The van der Waals surface area contributed by atoms with Crippen molar-refractivity contribution < 1.29 is 9.53 Å². The number of halogens is 1. The molecule has 0 aromatic carbocycles. The standard InChI is InChI=1S/C9H10BrNO2S/c10-8-4-7(6-14-8)5-11-2-1-3-13-9(11)12/h4,6H,1-3,5H2. The van der Waals surface area contributed by atoms with E-state index in [1.807, 2.05) is 11.4 Å². The van der Waals surface area contributed by atoms with Gasteiger partial charge in [0, 0.05) is 13.1 Å². The molecule has 1 aromatic heterocycles. The number of hydrogen-bond acceptors (Lipinski definition) is 3. The van der Waals surface area contributed by atoms with Crippen molar-refractivity contribution in [2.75, 3.05) is 13.2 Å². The van der Waals surface area contributed by atoms with Crippen LogP contribution in [-0.4, -0.2) is 24.1 Å². The van der Waals surface area contributed by atoms with E-state index in [9.17, 15) is 4.79 Å². The molecule has 1 aliphatic heterocycles. The lowest BCUT2D eigenvalue weighted by Crippen LogP contribution is -2.36. The highest BCUT2D eigenvalue weighted by atomic mass is 79.9. The van der Waals surface area contributed by atoms with Crippen LogP contribution in [0.4, 0.5) is 4.79 Å². The van der Waals surface area contributed by atoms with Gasteiger partial charge in [-0.05, 0) is 39.4 Å². The van der Waals surface area contributed by atoms with Crippen molar-refractivity contribution >= 4 is 33.4 Å². The van der Waals surface area contributed by atoms with Gasteiger partial charge in [-0.2, -0.15) is 0 Å². The van der Waals surface area contributed by atoms with Gasteiger partial charge in [0.2, 0.25) is 0 Å². The van der Waals surface area contributed by atoms with Gasteiger partial charge < -0.3 is 9.64 Å². The zero-order chi connectivity index (χ0) is 9.97. The van der Waals surface area contributed by atoms with Crippen LogP contribution in [0.5, 0.6) is 0 Å². The maximum atomic E-state index is 11.3. The first-order chi connectivity index (χ1) is 6.75. The van der Waals surface area contributed by atoms with Crippen molar-refractivity contribution in [3.63, 3.8) is 0 Å². The van der Waals surface area contributed by atoms with E-state index >= 15 is 0 Å². The Morgan fingerprint density at radius 2 is 2.50 bits per heavy atom. The molecule has 0 atom stereocenters. The largest absolute Gasteiger partial charge is 0.449 e. The zero-order valence-electron chi connectivity index (χ0n) is 7.53. The van der Waals surface area contributed by atoms with E-state index in [0.29, 0.717) is 13.2 Å². The first-order valence-corrected chi connectivity index (χ1v) is 6.07. The van der Waals surface area contributed by atoms with E-state index in [1.54, 1.807) is 16.2 Å². The second-order valence-electron chi connectivity index (χ2n) is 3.15. The molecular weight excluding hydrogens is 266 g/mol. The van der Waals surface area contributed by atoms with Crippen LogP contribution in [0.3, 0.4) is 0 Å². The van der Waals surface area contributed by atoms with Crippen LogP contribution in [0, 0.1) is 0 Å². The van der Waals surface area contributed by atoms with Crippen LogP contribution >= 0.6 is 27.3 Å². The highest BCUT2D eigenvalue weighted by Gasteiger charge is 2.19. The zero-order valence-corrected chi connectivity index (χ0v) is 9.94. The molecule has 76 valence electrons. The molecule has 1 aromatic rings. The van der Waals surface area contributed by atoms with Crippen LogP contribution in [0.2, 0.25) is 0 Å². The van der Waals surface area contributed by atoms with Crippen LogP contribution < -0.4 is 0 Å². The van der Waals surface area contributed by atoms with Crippen LogP contribution in [0.15, 0.2) is 15.2 Å². The molecule has 0 aliphatic carbocycles. The van der Waals surface area contributed by atoms with Gasteiger partial charge in [-0.15, -0.1) is 11.3 Å². The van der Waals surface area contributed by atoms with Crippen molar-refractivity contribution in [2.45, 2.75) is 13.0 Å². The summed E-state index contributed by atoms with van der Waals surface area (Å²) in [7, 11) is 0. The smallest absolute Gasteiger partial charge is 0.410 e. The third-order valence-corrected chi connectivity index (χ3v) is 3.60. The van der Waals surface area contributed by atoms with Gasteiger partial charge in [0.15, 0.2) is 0 Å². The van der Waals surface area contributed by atoms with E-state index in [4.69, 9.17) is 4.74 Å². The summed E-state index contributed by atoms with van der Waals surface area (Å²) in [5.41, 5.74) is 1.15. The molecular formula is C9H10BrNO2S. The molecule has 1 saturated heterocycles. The van der Waals surface area contributed by atoms with E-state index in [1.165, 1.54) is 0 Å². The fourth-order valence-electron chi connectivity index (χ4n) is 1.39. The van der Waals surface area contributed by atoms with Crippen LogP contribution in [0.25, 0.3) is 0 Å². The number of hydrogen-bond donors (Lipinski definition) is 0. The third-order valence-electron chi connectivity index (χ3n) is 2.05. The van der Waals surface area contributed by atoms with Gasteiger partial charge in [-0.3, -0.25) is 0 Å². The molecule has 0 N–H and O–H groups in total. The van der Waals surface area contributed by atoms with Gasteiger partial charge in [-0.1, -0.05) is 0 Å². The van der Waals surface area contributed by atoms with Gasteiger partial charge in [-0.25, -0.2) is 4.79 Å². The first kappa shape index (κ1) is 9.98. The van der Waals surface area contributed by atoms with Crippen molar-refractivity contribution in [1.29, 1.82) is 0 Å². The number of ether oxygens (including phenoxy) is 1. The Bertz CT molecular complexity index is 339. The van der Waals surface area contributed by atoms with Gasteiger partial charge in [0.25, 0.3) is 0 Å². The fourth-order valence-corrected chi connectivity index (χ4v) is 2.59. The minimum Gasteiger partial charge on any atom is -0.449 e. The average Bonchev–Trinajstić information content (AvgIpc) is 2.56. The number of rotatable bonds is 2. The molecule has 0 unspecified atom stereocenters. The summed E-state index contributed by atoms with van der Waals surface area (Å²) in [5, 5.41) is 2.05. The summed E-state index contributed by atoms with van der Waals surface area (Å²) in [6.45, 7) is 2.01. The summed E-state index contributed by atoms with van der Waals surface area (Å²) >= 11 is 5.03. The van der Waals surface area contributed by atoms with E-state index in [2.05, 4.69) is 15.9 Å². The molecule has 3 nitrogen and oxygen atoms in total. The van der Waals surface area contributed by atoms with Gasteiger partial charge >= 0.3 is 6.09 Å². The Labute approximate surface area is 94.8 Å². The summed E-state index contributed by atoms with van der Waals surface area (Å²) in [5.74, 6) is 0. The summed E-state index contributed by atoms with van der Waals surface area (Å²) in [4.78, 5) is 13.0. The van der Waals surface area contributed by atoms with Crippen molar-refractivity contribution in [3.05, 3.63) is 20.8 Å². The highest BCUT2D eigenvalue weighted by molar-refractivity contribution is 9.11. The summed E-state index contributed by atoms with van der Waals surface area (Å²) in [6, 6.07) is 2.03. The van der Waals surface area contributed by atoms with E-state index in [-0.39, 0.29) is 6.09 Å². The Hall–Kier alpha value is -0.550. The Morgan fingerprint density at radius 1 is 1.64 bits per heavy atom. The number of cyclic esters (lactones) is 1. The molecule has 2 heterocycles. The van der Waals surface area contributed by atoms with Crippen molar-refractivity contribution in [1.82, 2.24) is 4.90 Å². The number of thiophene rings is 1. The second-order valence-corrected chi connectivity index (χ2v) is 5.44.